The van der Waals surface area contributed by atoms with Gasteiger partial charge in [0.15, 0.2) is 0 Å². The van der Waals surface area contributed by atoms with Crippen LogP contribution in [0, 0.1) is 11.8 Å². The maximum Gasteiger partial charge on any atom is 0.230 e. The smallest absolute Gasteiger partial charge is 0.230 e. The first-order valence-corrected chi connectivity index (χ1v) is 4.05. The quantitative estimate of drug-likeness (QED) is 0.500. The van der Waals surface area contributed by atoms with Gasteiger partial charge < -0.3 is 0 Å². The number of ketones is 1. The van der Waals surface area contributed by atoms with E-state index >= 15 is 0 Å². The van der Waals surface area contributed by atoms with Gasteiger partial charge in [0.05, 0.1) is 11.8 Å². The van der Waals surface area contributed by atoms with Crippen molar-refractivity contribution in [3.63, 3.8) is 0 Å². The molecule has 2 unspecified atom stereocenters. The molecule has 2 atom stereocenters. The van der Waals surface area contributed by atoms with E-state index in [9.17, 15) is 14.4 Å². The van der Waals surface area contributed by atoms with E-state index in [4.69, 9.17) is 0 Å². The molecule has 1 aliphatic heterocycles. The minimum absolute atomic E-state index is 0.0982. The predicted octanol–water partition coefficient (Wildman–Crippen LogP) is -0.372. The van der Waals surface area contributed by atoms with Crippen molar-refractivity contribution < 1.29 is 14.4 Å². The van der Waals surface area contributed by atoms with Crippen LogP contribution in [0.2, 0.25) is 0 Å². The molecule has 1 saturated heterocycles. The molecule has 0 bridgehead atoms. The first-order valence-electron chi connectivity index (χ1n) is 4.05. The third kappa shape index (κ3) is 0.948. The number of nitrogens with one attached hydrogen (secondary N) is 1. The van der Waals surface area contributed by atoms with E-state index in [1.807, 2.05) is 0 Å². The molecule has 2 amide bonds. The van der Waals surface area contributed by atoms with Gasteiger partial charge in [-0.25, -0.2) is 0 Å². The van der Waals surface area contributed by atoms with E-state index in [2.05, 4.69) is 5.32 Å². The van der Waals surface area contributed by atoms with E-state index < -0.39 is 0 Å². The van der Waals surface area contributed by atoms with E-state index in [0.717, 1.165) is 0 Å². The van der Waals surface area contributed by atoms with Crippen molar-refractivity contribution in [3.8, 4) is 0 Å². The van der Waals surface area contributed by atoms with Crippen LogP contribution in [-0.2, 0) is 14.4 Å². The lowest BCUT2D eigenvalue weighted by Gasteiger charge is -2.19. The fraction of sp³-hybridized carbons (Fsp3) is 0.625. The molecular formula is C8H9NO3. The van der Waals surface area contributed by atoms with E-state index in [0.29, 0.717) is 12.8 Å². The monoisotopic (exact) mass is 167 g/mol. The van der Waals surface area contributed by atoms with Gasteiger partial charge in [-0.1, -0.05) is 0 Å². The second-order valence-corrected chi connectivity index (χ2v) is 3.35. The molecule has 0 radical (unpaired) electrons. The van der Waals surface area contributed by atoms with Gasteiger partial charge >= 0.3 is 0 Å². The fourth-order valence-corrected chi connectivity index (χ4v) is 1.90. The molecule has 2 fully saturated rings. The van der Waals surface area contributed by atoms with Gasteiger partial charge in [0.25, 0.3) is 0 Å². The Kier molecular flexibility index (Phi) is 1.49. The first kappa shape index (κ1) is 7.46. The number of Topliss-reactive ketones (excluding diaryl/α,β-unsaturated/α-hetero) is 1. The van der Waals surface area contributed by atoms with Crippen LogP contribution in [0.1, 0.15) is 19.3 Å². The Morgan fingerprint density at radius 1 is 1.08 bits per heavy atom. The highest BCUT2D eigenvalue weighted by molar-refractivity contribution is 6.07. The minimum atomic E-state index is -0.362. The van der Waals surface area contributed by atoms with Gasteiger partial charge in [-0.3, -0.25) is 19.7 Å². The lowest BCUT2D eigenvalue weighted by Crippen LogP contribution is -2.26. The molecule has 1 aliphatic carbocycles. The fourth-order valence-electron chi connectivity index (χ4n) is 1.90. The summed E-state index contributed by atoms with van der Waals surface area (Å²) in [7, 11) is 0. The Balaban J connectivity index is 2.22. The Hall–Kier alpha value is -1.19. The van der Waals surface area contributed by atoms with Crippen molar-refractivity contribution in [1.29, 1.82) is 0 Å². The standard InChI is InChI=1S/C8H9NO3/c10-4-1-2-5-6(3-4)8(12)9-7(5)11/h5-6H,1-3H2,(H,9,11,12). The van der Waals surface area contributed by atoms with Gasteiger partial charge in [-0.2, -0.15) is 0 Å². The van der Waals surface area contributed by atoms with E-state index in [1.54, 1.807) is 0 Å². The number of fused-ring (bicyclic) bond motifs is 1. The number of carbonyl (C=O) groups is 3. The molecule has 1 saturated carbocycles. The summed E-state index contributed by atoms with van der Waals surface area (Å²) < 4.78 is 0. The third-order valence-corrected chi connectivity index (χ3v) is 2.59. The summed E-state index contributed by atoms with van der Waals surface area (Å²) in [6, 6.07) is 0. The Morgan fingerprint density at radius 2 is 1.75 bits per heavy atom. The largest absolute Gasteiger partial charge is 0.300 e. The summed E-state index contributed by atoms with van der Waals surface area (Å²) in [6.07, 6.45) is 1.24. The van der Waals surface area contributed by atoms with Crippen molar-refractivity contribution in [2.24, 2.45) is 11.8 Å². The summed E-state index contributed by atoms with van der Waals surface area (Å²) >= 11 is 0. The van der Waals surface area contributed by atoms with Crippen LogP contribution < -0.4 is 5.32 Å². The molecule has 1 heterocycles. The zero-order valence-corrected chi connectivity index (χ0v) is 6.50. The van der Waals surface area contributed by atoms with Crippen LogP contribution in [0.5, 0.6) is 0 Å². The summed E-state index contributed by atoms with van der Waals surface area (Å²) in [6.45, 7) is 0. The Morgan fingerprint density at radius 3 is 2.50 bits per heavy atom. The van der Waals surface area contributed by atoms with Crippen LogP contribution in [0.15, 0.2) is 0 Å². The second-order valence-electron chi connectivity index (χ2n) is 3.35. The lowest BCUT2D eigenvalue weighted by molar-refractivity contribution is -0.130. The van der Waals surface area contributed by atoms with Crippen LogP contribution in [0.4, 0.5) is 0 Å². The van der Waals surface area contributed by atoms with Crippen LogP contribution in [-0.4, -0.2) is 17.6 Å². The molecule has 4 nitrogen and oxygen atoms in total. The van der Waals surface area contributed by atoms with Crippen LogP contribution in [0.25, 0.3) is 0 Å². The van der Waals surface area contributed by atoms with Crippen molar-refractivity contribution in [2.45, 2.75) is 19.3 Å². The first-order chi connectivity index (χ1) is 5.68. The Labute approximate surface area is 69.3 Å². The SMILES string of the molecule is O=C1CCC2C(=O)NC(=O)C2C1. The molecule has 0 aromatic heterocycles. The molecule has 1 N–H and O–H groups in total. The summed E-state index contributed by atoms with van der Waals surface area (Å²) in [5.41, 5.74) is 0. The number of amides is 2. The van der Waals surface area contributed by atoms with Crippen LogP contribution >= 0.6 is 0 Å². The van der Waals surface area contributed by atoms with E-state index in [-0.39, 0.29) is 35.9 Å². The average Bonchev–Trinajstić information content (AvgIpc) is 2.28. The molecule has 0 aromatic rings. The maximum atomic E-state index is 11.1. The summed E-state index contributed by atoms with van der Waals surface area (Å²) in [5, 5.41) is 2.25. The Bertz CT molecular complexity index is 271. The molecule has 12 heavy (non-hydrogen) atoms. The normalized spacial score (nSPS) is 34.8. The highest BCUT2D eigenvalue weighted by Gasteiger charge is 2.44. The molecule has 0 aromatic carbocycles. The van der Waals surface area contributed by atoms with E-state index in [1.165, 1.54) is 0 Å². The number of carbonyl (C=O) groups excluding carboxylic acids is 3. The van der Waals surface area contributed by atoms with Gasteiger partial charge in [0.1, 0.15) is 5.78 Å². The minimum Gasteiger partial charge on any atom is -0.300 e. The van der Waals surface area contributed by atoms with Crippen molar-refractivity contribution in [2.75, 3.05) is 0 Å². The highest BCUT2D eigenvalue weighted by Crippen LogP contribution is 2.31. The second kappa shape index (κ2) is 2.40. The van der Waals surface area contributed by atoms with Crippen LogP contribution in [0.3, 0.4) is 0 Å². The zero-order valence-electron chi connectivity index (χ0n) is 6.50. The number of hydrogen-bond acceptors (Lipinski definition) is 3. The lowest BCUT2D eigenvalue weighted by atomic mass is 9.80. The molecule has 2 aliphatic rings. The topological polar surface area (TPSA) is 63.2 Å². The van der Waals surface area contributed by atoms with Crippen molar-refractivity contribution >= 4 is 17.6 Å². The molecule has 4 heteroatoms. The van der Waals surface area contributed by atoms with Gasteiger partial charge in [0, 0.05) is 12.8 Å². The maximum absolute atomic E-state index is 11.1. The third-order valence-electron chi connectivity index (χ3n) is 2.59. The number of rotatable bonds is 0. The molecule has 0 spiro atoms. The molecule has 64 valence electrons. The van der Waals surface area contributed by atoms with Gasteiger partial charge in [-0.05, 0) is 6.42 Å². The number of hydrogen-bond donors (Lipinski definition) is 1. The molecular weight excluding hydrogens is 158 g/mol. The van der Waals surface area contributed by atoms with Crippen molar-refractivity contribution in [3.05, 3.63) is 0 Å². The van der Waals surface area contributed by atoms with Gasteiger partial charge in [0.2, 0.25) is 11.8 Å². The highest BCUT2D eigenvalue weighted by atomic mass is 16.2. The zero-order chi connectivity index (χ0) is 8.72. The predicted molar refractivity (Wildman–Crippen MR) is 39.0 cm³/mol. The molecule has 2 rings (SSSR count). The number of imide groups is 1. The summed E-state index contributed by atoms with van der Waals surface area (Å²) in [5.74, 6) is -0.953. The average molecular weight is 167 g/mol. The summed E-state index contributed by atoms with van der Waals surface area (Å²) in [4.78, 5) is 33.1. The van der Waals surface area contributed by atoms with Crippen molar-refractivity contribution in [1.82, 2.24) is 5.32 Å². The van der Waals surface area contributed by atoms with Gasteiger partial charge in [-0.15, -0.1) is 0 Å².